The second-order valence-corrected chi connectivity index (χ2v) is 13.4. The van der Waals surface area contributed by atoms with E-state index in [4.69, 9.17) is 0 Å². The van der Waals surface area contributed by atoms with Gasteiger partial charge >= 0.3 is 0 Å². The Hall–Kier alpha value is -3.28. The molecule has 1 amide bonds. The van der Waals surface area contributed by atoms with Crippen LogP contribution in [0.4, 0.5) is 10.1 Å². The van der Waals surface area contributed by atoms with Crippen LogP contribution >= 0.6 is 0 Å². The Morgan fingerprint density at radius 1 is 1.13 bits per heavy atom. The summed E-state index contributed by atoms with van der Waals surface area (Å²) in [4.78, 5) is 13.1. The number of fused-ring (bicyclic) bond motifs is 1. The van der Waals surface area contributed by atoms with E-state index < -0.39 is 50.3 Å². The fourth-order valence-corrected chi connectivity index (χ4v) is 7.37. The third kappa shape index (κ3) is 5.18. The van der Waals surface area contributed by atoms with E-state index in [0.717, 1.165) is 15.9 Å². The predicted octanol–water partition coefficient (Wildman–Crippen LogP) is 3.53. The van der Waals surface area contributed by atoms with Gasteiger partial charge in [0.05, 0.1) is 33.9 Å². The molecular formula is C27H29FN2O6S2. The van der Waals surface area contributed by atoms with E-state index in [9.17, 15) is 26.7 Å². The summed E-state index contributed by atoms with van der Waals surface area (Å²) in [5.74, 6) is -1.62. The maximum Gasteiger partial charge on any atom is 0.264 e. The molecule has 2 unspecified atom stereocenters. The predicted molar refractivity (Wildman–Crippen MR) is 142 cm³/mol. The molecule has 0 bridgehead atoms. The number of aryl methyl sites for hydroxylation is 1. The lowest BCUT2D eigenvalue weighted by molar-refractivity contribution is 0.0915. The van der Waals surface area contributed by atoms with Gasteiger partial charge in [0.2, 0.25) is 0 Å². The number of nitrogens with zero attached hydrogens (tertiary/aromatic N) is 1. The highest BCUT2D eigenvalue weighted by Gasteiger charge is 2.37. The molecule has 11 heteroatoms. The standard InChI is InChI=1S/C27H29FN2O6S2/c1-4-37(33,34)22-9-6-19(7-10-22)24(16-31)29-27(32)20-8-11-25(23(28)15-20)30-18(3)14-21-13-17(2)5-12-26(21)38(30,35)36/h5-13,15,18,24,31H,4,14,16H2,1-3H3,(H,29,32). The molecule has 0 saturated carbocycles. The van der Waals surface area contributed by atoms with Crippen LogP contribution in [-0.4, -0.2) is 46.3 Å². The molecule has 1 aliphatic rings. The summed E-state index contributed by atoms with van der Waals surface area (Å²) in [6.45, 7) is 4.63. The van der Waals surface area contributed by atoms with E-state index in [2.05, 4.69) is 5.32 Å². The molecule has 38 heavy (non-hydrogen) atoms. The number of aliphatic hydroxyl groups excluding tert-OH is 1. The number of aliphatic hydroxyl groups is 1. The number of hydrogen-bond donors (Lipinski definition) is 2. The van der Waals surface area contributed by atoms with Crippen LogP contribution in [0.25, 0.3) is 0 Å². The van der Waals surface area contributed by atoms with Crippen LogP contribution in [0, 0.1) is 12.7 Å². The molecule has 8 nitrogen and oxygen atoms in total. The molecule has 202 valence electrons. The highest BCUT2D eigenvalue weighted by molar-refractivity contribution is 7.93. The van der Waals surface area contributed by atoms with E-state index in [1.54, 1.807) is 13.0 Å². The quantitative estimate of drug-likeness (QED) is 0.456. The van der Waals surface area contributed by atoms with Crippen LogP contribution in [0.3, 0.4) is 0 Å². The summed E-state index contributed by atoms with van der Waals surface area (Å²) in [6.07, 6.45) is 0.411. The van der Waals surface area contributed by atoms with Gasteiger partial charge in [0.25, 0.3) is 15.9 Å². The number of amides is 1. The second kappa shape index (κ2) is 10.5. The molecular weight excluding hydrogens is 531 g/mol. The van der Waals surface area contributed by atoms with Gasteiger partial charge in [0.15, 0.2) is 9.84 Å². The Kier molecular flexibility index (Phi) is 7.64. The van der Waals surface area contributed by atoms with E-state index in [0.29, 0.717) is 17.5 Å². The summed E-state index contributed by atoms with van der Waals surface area (Å²) < 4.78 is 67.1. The van der Waals surface area contributed by atoms with E-state index in [1.807, 2.05) is 13.0 Å². The van der Waals surface area contributed by atoms with Crippen molar-refractivity contribution in [1.29, 1.82) is 0 Å². The van der Waals surface area contributed by atoms with Gasteiger partial charge in [-0.25, -0.2) is 21.2 Å². The fourth-order valence-electron chi connectivity index (χ4n) is 4.61. The largest absolute Gasteiger partial charge is 0.394 e. The zero-order valence-corrected chi connectivity index (χ0v) is 22.8. The lowest BCUT2D eigenvalue weighted by Gasteiger charge is -2.36. The third-order valence-corrected chi connectivity index (χ3v) is 10.4. The highest BCUT2D eigenvalue weighted by Crippen LogP contribution is 2.36. The number of carbonyl (C=O) groups excluding carboxylic acids is 1. The van der Waals surface area contributed by atoms with Gasteiger partial charge in [0, 0.05) is 11.6 Å². The van der Waals surface area contributed by atoms with Gasteiger partial charge < -0.3 is 10.4 Å². The Bertz CT molecular complexity index is 1590. The topological polar surface area (TPSA) is 121 Å². The third-order valence-electron chi connectivity index (χ3n) is 6.63. The second-order valence-electron chi connectivity index (χ2n) is 9.31. The van der Waals surface area contributed by atoms with Gasteiger partial charge in [-0.15, -0.1) is 0 Å². The van der Waals surface area contributed by atoms with Gasteiger partial charge in [-0.3, -0.25) is 9.10 Å². The molecule has 4 rings (SSSR count). The van der Waals surface area contributed by atoms with Gasteiger partial charge in [-0.05, 0) is 67.8 Å². The number of hydrogen-bond acceptors (Lipinski definition) is 6. The maximum atomic E-state index is 15.3. The van der Waals surface area contributed by atoms with Crippen LogP contribution < -0.4 is 9.62 Å². The minimum Gasteiger partial charge on any atom is -0.394 e. The first kappa shape index (κ1) is 27.7. The molecule has 2 atom stereocenters. The molecule has 3 aromatic carbocycles. The number of sulfonamides is 1. The van der Waals surface area contributed by atoms with Crippen molar-refractivity contribution >= 4 is 31.5 Å². The molecule has 0 aromatic heterocycles. The molecule has 0 aliphatic carbocycles. The molecule has 0 fully saturated rings. The maximum absolute atomic E-state index is 15.3. The fraction of sp³-hybridized carbons (Fsp3) is 0.296. The molecule has 1 aliphatic heterocycles. The van der Waals surface area contributed by atoms with Crippen molar-refractivity contribution in [2.45, 2.75) is 49.1 Å². The highest BCUT2D eigenvalue weighted by atomic mass is 32.2. The molecule has 0 saturated heterocycles. The van der Waals surface area contributed by atoms with E-state index in [-0.39, 0.29) is 26.8 Å². The van der Waals surface area contributed by atoms with Crippen molar-refractivity contribution in [3.8, 4) is 0 Å². The number of halogens is 1. The first-order valence-electron chi connectivity index (χ1n) is 12.1. The number of rotatable bonds is 7. The van der Waals surface area contributed by atoms with Gasteiger partial charge in [-0.1, -0.05) is 36.8 Å². The Balaban J connectivity index is 1.57. The van der Waals surface area contributed by atoms with Crippen molar-refractivity contribution in [2.75, 3.05) is 16.7 Å². The summed E-state index contributed by atoms with van der Waals surface area (Å²) in [5, 5.41) is 12.4. The smallest absolute Gasteiger partial charge is 0.264 e. The Morgan fingerprint density at radius 2 is 1.82 bits per heavy atom. The average Bonchev–Trinajstić information content (AvgIpc) is 2.87. The molecule has 0 spiro atoms. The van der Waals surface area contributed by atoms with Crippen LogP contribution in [0.5, 0.6) is 0 Å². The molecule has 0 radical (unpaired) electrons. The van der Waals surface area contributed by atoms with Gasteiger partial charge in [-0.2, -0.15) is 0 Å². The number of anilines is 1. The molecule has 1 heterocycles. The van der Waals surface area contributed by atoms with Gasteiger partial charge in [0.1, 0.15) is 5.82 Å². The Labute approximate surface area is 222 Å². The zero-order chi connectivity index (χ0) is 27.8. The number of sulfone groups is 1. The minimum atomic E-state index is -4.02. The number of benzene rings is 3. The van der Waals surface area contributed by atoms with Crippen LogP contribution in [0.1, 0.15) is 46.9 Å². The normalized spacial score (nSPS) is 17.5. The lowest BCUT2D eigenvalue weighted by atomic mass is 10.0. The van der Waals surface area contributed by atoms with E-state index in [1.165, 1.54) is 49.4 Å². The van der Waals surface area contributed by atoms with Crippen molar-refractivity contribution in [3.05, 3.63) is 88.7 Å². The lowest BCUT2D eigenvalue weighted by Crippen LogP contribution is -2.44. The summed E-state index contributed by atoms with van der Waals surface area (Å²) in [7, 11) is -7.42. The summed E-state index contributed by atoms with van der Waals surface area (Å²) in [6, 6.07) is 13.0. The van der Waals surface area contributed by atoms with Crippen molar-refractivity contribution in [3.63, 3.8) is 0 Å². The van der Waals surface area contributed by atoms with Crippen LogP contribution in [0.2, 0.25) is 0 Å². The average molecular weight is 561 g/mol. The van der Waals surface area contributed by atoms with Crippen molar-refractivity contribution < 1.29 is 31.1 Å². The minimum absolute atomic E-state index is 0.0578. The van der Waals surface area contributed by atoms with Crippen molar-refractivity contribution in [1.82, 2.24) is 5.32 Å². The van der Waals surface area contributed by atoms with Crippen LogP contribution in [-0.2, 0) is 26.3 Å². The number of carbonyl (C=O) groups is 1. The van der Waals surface area contributed by atoms with Crippen LogP contribution in [0.15, 0.2) is 70.5 Å². The molecule has 3 aromatic rings. The zero-order valence-electron chi connectivity index (χ0n) is 21.2. The first-order chi connectivity index (χ1) is 17.9. The summed E-state index contributed by atoms with van der Waals surface area (Å²) in [5.41, 5.74) is 1.86. The Morgan fingerprint density at radius 3 is 2.42 bits per heavy atom. The first-order valence-corrected chi connectivity index (χ1v) is 15.2. The summed E-state index contributed by atoms with van der Waals surface area (Å²) >= 11 is 0. The number of nitrogens with one attached hydrogen (secondary N) is 1. The van der Waals surface area contributed by atoms with Crippen molar-refractivity contribution in [2.24, 2.45) is 0 Å². The molecule has 2 N–H and O–H groups in total. The monoisotopic (exact) mass is 560 g/mol. The van der Waals surface area contributed by atoms with E-state index >= 15 is 4.39 Å². The SMILES string of the molecule is CCS(=O)(=O)c1ccc(C(CO)NC(=O)c2ccc(N3C(C)Cc4cc(C)ccc4S3(=O)=O)c(F)c2)cc1.